The second-order valence-corrected chi connectivity index (χ2v) is 2.54. The van der Waals surface area contributed by atoms with Crippen molar-refractivity contribution in [1.29, 1.82) is 0 Å². The average molecular weight is 143 g/mol. The first-order valence-corrected chi connectivity index (χ1v) is 3.24. The molecule has 0 fully saturated rings. The second kappa shape index (κ2) is 2.40. The Labute approximate surface area is 59.1 Å². The molecule has 3 heteroatoms. The zero-order valence-electron chi connectivity index (χ0n) is 6.31. The first-order valence-electron chi connectivity index (χ1n) is 3.24. The van der Waals surface area contributed by atoms with E-state index in [1.807, 2.05) is 13.8 Å². The molecule has 0 saturated carbocycles. The fraction of sp³-hybridized carbons (Fsp3) is 0.571. The Hall–Kier alpha value is -0.860. The summed E-state index contributed by atoms with van der Waals surface area (Å²) in [4.78, 5) is 3.50. The summed E-state index contributed by atoms with van der Waals surface area (Å²) in [7, 11) is 0. The highest BCUT2D eigenvalue weighted by molar-refractivity contribution is 5.00. The van der Waals surface area contributed by atoms with Gasteiger partial charge in [0, 0.05) is 12.8 Å². The van der Waals surface area contributed by atoms with Crippen LogP contribution in [-0.2, 0) is 0 Å². The fourth-order valence-electron chi connectivity index (χ4n) is 0.773. The summed E-state index contributed by atoms with van der Waals surface area (Å²) < 4.78 is 17.6. The number of oxazole rings is 1. The first kappa shape index (κ1) is 7.25. The van der Waals surface area contributed by atoms with Crippen LogP contribution < -0.4 is 0 Å². The average Bonchev–Trinajstić information content (AvgIpc) is 2.10. The standard InChI is InChI=1S/C7H10FNO/c1-4(2)6-7(8)9-5(3)10-6/h4H,1-3H3. The molecule has 0 amide bonds. The lowest BCUT2D eigenvalue weighted by atomic mass is 10.2. The lowest BCUT2D eigenvalue weighted by molar-refractivity contribution is 0.436. The summed E-state index contributed by atoms with van der Waals surface area (Å²) >= 11 is 0. The molecule has 1 heterocycles. The van der Waals surface area contributed by atoms with Gasteiger partial charge in [0.25, 0.3) is 5.95 Å². The van der Waals surface area contributed by atoms with Gasteiger partial charge in [-0.25, -0.2) is 0 Å². The predicted molar refractivity (Wildman–Crippen MR) is 35.3 cm³/mol. The van der Waals surface area contributed by atoms with Gasteiger partial charge in [-0.2, -0.15) is 9.37 Å². The molecule has 0 aromatic carbocycles. The Balaban J connectivity index is 3.03. The SMILES string of the molecule is Cc1nc(F)c(C(C)C)o1. The van der Waals surface area contributed by atoms with Crippen molar-refractivity contribution in [2.45, 2.75) is 26.7 Å². The van der Waals surface area contributed by atoms with Crippen LogP contribution in [0.2, 0.25) is 0 Å². The molecule has 1 aromatic rings. The third-order valence-corrected chi connectivity index (χ3v) is 1.24. The van der Waals surface area contributed by atoms with E-state index in [1.54, 1.807) is 6.92 Å². The number of hydrogen-bond acceptors (Lipinski definition) is 2. The Kier molecular flexibility index (Phi) is 1.74. The summed E-state index contributed by atoms with van der Waals surface area (Å²) in [6, 6.07) is 0. The summed E-state index contributed by atoms with van der Waals surface area (Å²) in [6.07, 6.45) is 0. The van der Waals surface area contributed by atoms with Crippen LogP contribution in [0.3, 0.4) is 0 Å². The van der Waals surface area contributed by atoms with E-state index in [0.29, 0.717) is 11.7 Å². The monoisotopic (exact) mass is 143 g/mol. The number of aromatic nitrogens is 1. The molecule has 0 radical (unpaired) electrons. The first-order chi connectivity index (χ1) is 4.61. The molecular weight excluding hydrogens is 133 g/mol. The number of nitrogens with zero attached hydrogens (tertiary/aromatic N) is 1. The quantitative estimate of drug-likeness (QED) is 0.602. The van der Waals surface area contributed by atoms with E-state index in [4.69, 9.17) is 4.42 Å². The zero-order valence-corrected chi connectivity index (χ0v) is 6.31. The summed E-state index contributed by atoms with van der Waals surface area (Å²) in [5.41, 5.74) is 0. The molecule has 0 aliphatic rings. The number of halogens is 1. The third kappa shape index (κ3) is 1.17. The molecular formula is C7H10FNO. The molecule has 0 N–H and O–H groups in total. The minimum atomic E-state index is -0.479. The van der Waals surface area contributed by atoms with Gasteiger partial charge in [-0.3, -0.25) is 0 Å². The highest BCUT2D eigenvalue weighted by atomic mass is 19.1. The molecule has 0 aliphatic heterocycles. The van der Waals surface area contributed by atoms with Gasteiger partial charge in [-0.15, -0.1) is 0 Å². The van der Waals surface area contributed by atoms with Gasteiger partial charge in [0.15, 0.2) is 11.7 Å². The van der Waals surface area contributed by atoms with Crippen molar-refractivity contribution in [3.63, 3.8) is 0 Å². The van der Waals surface area contributed by atoms with Crippen molar-refractivity contribution >= 4 is 0 Å². The van der Waals surface area contributed by atoms with Gasteiger partial charge < -0.3 is 4.42 Å². The minimum Gasteiger partial charge on any atom is -0.443 e. The highest BCUT2D eigenvalue weighted by Gasteiger charge is 2.12. The maximum atomic E-state index is 12.7. The maximum Gasteiger partial charge on any atom is 0.254 e. The molecule has 0 aliphatic carbocycles. The van der Waals surface area contributed by atoms with Crippen molar-refractivity contribution < 1.29 is 8.81 Å². The van der Waals surface area contributed by atoms with Crippen LogP contribution in [0.15, 0.2) is 4.42 Å². The van der Waals surface area contributed by atoms with Crippen LogP contribution in [0.4, 0.5) is 4.39 Å². The molecule has 2 nitrogen and oxygen atoms in total. The lowest BCUT2D eigenvalue weighted by Crippen LogP contribution is -1.87. The van der Waals surface area contributed by atoms with Gasteiger partial charge in [0.1, 0.15) is 0 Å². The molecule has 1 rings (SSSR count). The normalized spacial score (nSPS) is 10.9. The van der Waals surface area contributed by atoms with E-state index in [2.05, 4.69) is 4.98 Å². The Bertz CT molecular complexity index is 230. The van der Waals surface area contributed by atoms with Crippen LogP contribution in [0, 0.1) is 12.9 Å². The molecule has 0 spiro atoms. The molecule has 0 saturated heterocycles. The summed E-state index contributed by atoms with van der Waals surface area (Å²) in [5.74, 6) is 0.326. The van der Waals surface area contributed by atoms with Gasteiger partial charge in [-0.05, 0) is 0 Å². The minimum absolute atomic E-state index is 0.0706. The van der Waals surface area contributed by atoms with Crippen LogP contribution in [0.5, 0.6) is 0 Å². The molecule has 0 atom stereocenters. The van der Waals surface area contributed by atoms with Gasteiger partial charge >= 0.3 is 0 Å². The van der Waals surface area contributed by atoms with E-state index in [9.17, 15) is 4.39 Å². The van der Waals surface area contributed by atoms with Gasteiger partial charge in [0.05, 0.1) is 0 Å². The van der Waals surface area contributed by atoms with Crippen molar-refractivity contribution in [3.8, 4) is 0 Å². The highest BCUT2D eigenvalue weighted by Crippen LogP contribution is 2.18. The van der Waals surface area contributed by atoms with Crippen molar-refractivity contribution in [1.82, 2.24) is 4.98 Å². The third-order valence-electron chi connectivity index (χ3n) is 1.24. The summed E-state index contributed by atoms with van der Waals surface area (Å²) in [6.45, 7) is 5.36. The van der Waals surface area contributed by atoms with E-state index in [0.717, 1.165) is 0 Å². The predicted octanol–water partition coefficient (Wildman–Crippen LogP) is 2.25. The Morgan fingerprint density at radius 3 is 2.30 bits per heavy atom. The van der Waals surface area contributed by atoms with Gasteiger partial charge in [0.2, 0.25) is 0 Å². The summed E-state index contributed by atoms with van der Waals surface area (Å²) in [5, 5.41) is 0. The largest absolute Gasteiger partial charge is 0.443 e. The molecule has 0 unspecified atom stereocenters. The van der Waals surface area contributed by atoms with E-state index < -0.39 is 5.95 Å². The van der Waals surface area contributed by atoms with Crippen LogP contribution >= 0.6 is 0 Å². The molecule has 1 aromatic heterocycles. The second-order valence-electron chi connectivity index (χ2n) is 2.54. The van der Waals surface area contributed by atoms with Crippen molar-refractivity contribution in [3.05, 3.63) is 17.6 Å². The number of hydrogen-bond donors (Lipinski definition) is 0. The zero-order chi connectivity index (χ0) is 7.72. The Morgan fingerprint density at radius 1 is 1.50 bits per heavy atom. The maximum absolute atomic E-state index is 12.7. The van der Waals surface area contributed by atoms with Crippen LogP contribution in [0.1, 0.15) is 31.4 Å². The van der Waals surface area contributed by atoms with E-state index in [1.165, 1.54) is 0 Å². The van der Waals surface area contributed by atoms with Crippen molar-refractivity contribution in [2.24, 2.45) is 0 Å². The molecule has 0 bridgehead atoms. The Morgan fingerprint density at radius 2 is 2.10 bits per heavy atom. The van der Waals surface area contributed by atoms with Crippen LogP contribution in [-0.4, -0.2) is 4.98 Å². The topological polar surface area (TPSA) is 26.0 Å². The smallest absolute Gasteiger partial charge is 0.254 e. The fourth-order valence-corrected chi connectivity index (χ4v) is 0.773. The van der Waals surface area contributed by atoms with Crippen LogP contribution in [0.25, 0.3) is 0 Å². The molecule has 10 heavy (non-hydrogen) atoms. The van der Waals surface area contributed by atoms with E-state index >= 15 is 0 Å². The molecule has 56 valence electrons. The number of rotatable bonds is 1. The van der Waals surface area contributed by atoms with Gasteiger partial charge in [-0.1, -0.05) is 13.8 Å². The van der Waals surface area contributed by atoms with Crippen molar-refractivity contribution in [2.75, 3.05) is 0 Å². The van der Waals surface area contributed by atoms with E-state index in [-0.39, 0.29) is 5.92 Å². The lowest BCUT2D eigenvalue weighted by Gasteiger charge is -1.95. The number of aryl methyl sites for hydroxylation is 1.